The predicted molar refractivity (Wildman–Crippen MR) is 105 cm³/mol. The van der Waals surface area contributed by atoms with Crippen LogP contribution in [0.15, 0.2) is 23.2 Å². The number of hydrogen-bond acceptors (Lipinski definition) is 4. The van der Waals surface area contributed by atoms with Crippen molar-refractivity contribution in [1.29, 1.82) is 0 Å². The Labute approximate surface area is 160 Å². The standard InChI is InChI=1S/C19H32F2N4O2/c1-5-12-25(6-2)13-11-23-19(22-4)24-14-15-9-8-10-16(26-7-3)17(15)27-18(20)21/h8-10,18H,5-7,11-14H2,1-4H3,(H2,22,23,24). The molecule has 2 N–H and O–H groups in total. The summed E-state index contributed by atoms with van der Waals surface area (Å²) in [6, 6.07) is 5.09. The molecule has 6 nitrogen and oxygen atoms in total. The van der Waals surface area contributed by atoms with E-state index in [1.165, 1.54) is 0 Å². The first kappa shape index (κ1) is 23.0. The minimum atomic E-state index is -2.92. The van der Waals surface area contributed by atoms with Crippen LogP contribution in [0.5, 0.6) is 11.5 Å². The lowest BCUT2D eigenvalue weighted by Crippen LogP contribution is -2.41. The Bertz CT molecular complexity index is 571. The van der Waals surface area contributed by atoms with Crippen molar-refractivity contribution in [1.82, 2.24) is 15.5 Å². The highest BCUT2D eigenvalue weighted by Crippen LogP contribution is 2.32. The number of rotatable bonds is 12. The highest BCUT2D eigenvalue weighted by molar-refractivity contribution is 5.79. The molecule has 0 saturated carbocycles. The fourth-order valence-corrected chi connectivity index (χ4v) is 2.67. The topological polar surface area (TPSA) is 58.1 Å². The molecular formula is C19H32F2N4O2. The minimum absolute atomic E-state index is 0.0532. The first-order chi connectivity index (χ1) is 13.0. The number of alkyl halides is 2. The molecule has 0 saturated heterocycles. The van der Waals surface area contributed by atoms with E-state index in [1.54, 1.807) is 32.2 Å². The number of para-hydroxylation sites is 1. The Hall–Kier alpha value is -2.09. The van der Waals surface area contributed by atoms with Crippen LogP contribution in [-0.4, -0.2) is 57.3 Å². The normalized spacial score (nSPS) is 11.8. The number of hydrogen-bond donors (Lipinski definition) is 2. The van der Waals surface area contributed by atoms with Crippen LogP contribution in [0.2, 0.25) is 0 Å². The van der Waals surface area contributed by atoms with E-state index < -0.39 is 6.61 Å². The van der Waals surface area contributed by atoms with Crippen LogP contribution in [0, 0.1) is 0 Å². The maximum atomic E-state index is 12.8. The SMILES string of the molecule is CCCN(CC)CCNC(=NC)NCc1cccc(OCC)c1OC(F)F. The summed E-state index contributed by atoms with van der Waals surface area (Å²) >= 11 is 0. The van der Waals surface area contributed by atoms with Crippen molar-refractivity contribution in [3.05, 3.63) is 23.8 Å². The van der Waals surface area contributed by atoms with Crippen molar-refractivity contribution in [2.24, 2.45) is 4.99 Å². The summed E-state index contributed by atoms with van der Waals surface area (Å²) in [6.45, 7) is 7.54. The molecule has 0 radical (unpaired) electrons. The number of aliphatic imine (C=N–C) groups is 1. The van der Waals surface area contributed by atoms with E-state index in [1.807, 2.05) is 0 Å². The Kier molecular flexibility index (Phi) is 11.2. The zero-order chi connectivity index (χ0) is 20.1. The van der Waals surface area contributed by atoms with Gasteiger partial charge in [-0.1, -0.05) is 26.0 Å². The predicted octanol–water partition coefficient (Wildman–Crippen LogP) is 3.08. The van der Waals surface area contributed by atoms with Crippen molar-refractivity contribution < 1.29 is 18.3 Å². The number of guanidine groups is 1. The molecule has 27 heavy (non-hydrogen) atoms. The first-order valence-electron chi connectivity index (χ1n) is 9.41. The molecule has 1 aromatic carbocycles. The van der Waals surface area contributed by atoms with Gasteiger partial charge in [0.1, 0.15) is 0 Å². The summed E-state index contributed by atoms with van der Waals surface area (Å²) < 4.78 is 35.7. The molecule has 0 aliphatic rings. The molecule has 0 fully saturated rings. The zero-order valence-electron chi connectivity index (χ0n) is 16.7. The number of nitrogens with one attached hydrogen (secondary N) is 2. The van der Waals surface area contributed by atoms with E-state index in [9.17, 15) is 8.78 Å². The molecule has 154 valence electrons. The number of ether oxygens (including phenoxy) is 2. The average molecular weight is 386 g/mol. The number of benzene rings is 1. The summed E-state index contributed by atoms with van der Waals surface area (Å²) in [5.74, 6) is 0.961. The lowest BCUT2D eigenvalue weighted by atomic mass is 10.2. The van der Waals surface area contributed by atoms with Gasteiger partial charge in [0, 0.05) is 32.2 Å². The highest BCUT2D eigenvalue weighted by atomic mass is 19.3. The fraction of sp³-hybridized carbons (Fsp3) is 0.632. The third-order valence-electron chi connectivity index (χ3n) is 3.94. The van der Waals surface area contributed by atoms with Crippen molar-refractivity contribution >= 4 is 5.96 Å². The molecule has 1 aromatic rings. The van der Waals surface area contributed by atoms with Crippen molar-refractivity contribution in [3.8, 4) is 11.5 Å². The second-order valence-corrected chi connectivity index (χ2v) is 5.84. The van der Waals surface area contributed by atoms with Crippen molar-refractivity contribution in [2.75, 3.05) is 39.8 Å². The van der Waals surface area contributed by atoms with Gasteiger partial charge in [-0.2, -0.15) is 8.78 Å². The Morgan fingerprint density at radius 3 is 2.56 bits per heavy atom. The maximum Gasteiger partial charge on any atom is 0.387 e. The lowest BCUT2D eigenvalue weighted by molar-refractivity contribution is -0.0520. The first-order valence-corrected chi connectivity index (χ1v) is 9.41. The van der Waals surface area contributed by atoms with Crippen molar-refractivity contribution in [2.45, 2.75) is 40.3 Å². The van der Waals surface area contributed by atoms with Gasteiger partial charge in [-0.15, -0.1) is 0 Å². The highest BCUT2D eigenvalue weighted by Gasteiger charge is 2.16. The van der Waals surface area contributed by atoms with Gasteiger partial charge in [0.2, 0.25) is 0 Å². The zero-order valence-corrected chi connectivity index (χ0v) is 16.7. The largest absolute Gasteiger partial charge is 0.490 e. The molecule has 0 heterocycles. The van der Waals surface area contributed by atoms with E-state index >= 15 is 0 Å². The molecule has 0 aliphatic carbocycles. The maximum absolute atomic E-state index is 12.8. The van der Waals surface area contributed by atoms with Gasteiger partial charge in [-0.05, 0) is 32.5 Å². The van der Waals surface area contributed by atoms with Gasteiger partial charge in [-0.3, -0.25) is 4.99 Å². The molecule has 0 unspecified atom stereocenters. The van der Waals surface area contributed by atoms with E-state index in [4.69, 9.17) is 4.74 Å². The van der Waals surface area contributed by atoms with Gasteiger partial charge in [0.25, 0.3) is 0 Å². The summed E-state index contributed by atoms with van der Waals surface area (Å²) in [6.07, 6.45) is 1.11. The molecule has 1 rings (SSSR count). The second kappa shape index (κ2) is 13.1. The van der Waals surface area contributed by atoms with Crippen LogP contribution in [0.1, 0.15) is 32.8 Å². The Morgan fingerprint density at radius 2 is 1.96 bits per heavy atom. The lowest BCUT2D eigenvalue weighted by Gasteiger charge is -2.21. The third-order valence-corrected chi connectivity index (χ3v) is 3.94. The number of likely N-dealkylation sites (N-methyl/N-ethyl adjacent to an activating group) is 1. The van der Waals surface area contributed by atoms with E-state index in [0.29, 0.717) is 23.9 Å². The molecule has 0 atom stereocenters. The monoisotopic (exact) mass is 386 g/mol. The van der Waals surface area contributed by atoms with E-state index in [-0.39, 0.29) is 12.3 Å². The molecule has 0 bridgehead atoms. The quantitative estimate of drug-likeness (QED) is 0.427. The molecule has 0 amide bonds. The van der Waals surface area contributed by atoms with Crippen LogP contribution in [0.3, 0.4) is 0 Å². The van der Waals surface area contributed by atoms with Gasteiger partial charge in [0.05, 0.1) is 6.61 Å². The van der Waals surface area contributed by atoms with Crippen LogP contribution >= 0.6 is 0 Å². The Morgan fingerprint density at radius 1 is 1.19 bits per heavy atom. The van der Waals surface area contributed by atoms with E-state index in [2.05, 4.69) is 39.1 Å². The second-order valence-electron chi connectivity index (χ2n) is 5.84. The summed E-state index contributed by atoms with van der Waals surface area (Å²) in [7, 11) is 1.67. The number of nitrogens with zero attached hydrogens (tertiary/aromatic N) is 2. The van der Waals surface area contributed by atoms with Gasteiger partial charge in [0.15, 0.2) is 17.5 Å². The van der Waals surface area contributed by atoms with Crippen molar-refractivity contribution in [3.63, 3.8) is 0 Å². The van der Waals surface area contributed by atoms with Gasteiger partial charge >= 0.3 is 6.61 Å². The molecule has 0 spiro atoms. The van der Waals surface area contributed by atoms with Gasteiger partial charge in [-0.25, -0.2) is 0 Å². The molecule has 0 aliphatic heterocycles. The van der Waals surface area contributed by atoms with Crippen LogP contribution in [0.25, 0.3) is 0 Å². The van der Waals surface area contributed by atoms with Crippen LogP contribution in [0.4, 0.5) is 8.78 Å². The number of halogens is 2. The van der Waals surface area contributed by atoms with E-state index in [0.717, 1.165) is 32.6 Å². The van der Waals surface area contributed by atoms with Crippen LogP contribution < -0.4 is 20.1 Å². The third kappa shape index (κ3) is 8.43. The molecule has 0 aromatic heterocycles. The summed E-state index contributed by atoms with van der Waals surface area (Å²) in [5.41, 5.74) is 0.574. The summed E-state index contributed by atoms with van der Waals surface area (Å²) in [5, 5.41) is 6.37. The molecule has 8 heteroatoms. The fourth-order valence-electron chi connectivity index (χ4n) is 2.67. The van der Waals surface area contributed by atoms with Gasteiger partial charge < -0.3 is 25.0 Å². The van der Waals surface area contributed by atoms with Crippen LogP contribution in [-0.2, 0) is 6.54 Å². The Balaban J connectivity index is 2.67. The molecular weight excluding hydrogens is 354 g/mol. The summed E-state index contributed by atoms with van der Waals surface area (Å²) in [4.78, 5) is 6.52. The smallest absolute Gasteiger partial charge is 0.387 e. The minimum Gasteiger partial charge on any atom is -0.490 e. The average Bonchev–Trinajstić information content (AvgIpc) is 2.65.